The first-order valence-corrected chi connectivity index (χ1v) is 13.5. The molecule has 9 heteroatoms. The van der Waals surface area contributed by atoms with Gasteiger partial charge in [-0.2, -0.15) is 0 Å². The number of carbonyl (C=O) groups excluding carboxylic acids is 2. The highest BCUT2D eigenvalue weighted by molar-refractivity contribution is 9.10. The van der Waals surface area contributed by atoms with Crippen LogP contribution in [0.4, 0.5) is 0 Å². The van der Waals surface area contributed by atoms with Crippen molar-refractivity contribution in [1.29, 1.82) is 0 Å². The van der Waals surface area contributed by atoms with Crippen LogP contribution in [0.2, 0.25) is 0 Å². The first kappa shape index (κ1) is 26.3. The van der Waals surface area contributed by atoms with Gasteiger partial charge in [0.25, 0.3) is 5.79 Å². The van der Waals surface area contributed by atoms with Crippen molar-refractivity contribution in [3.8, 4) is 11.5 Å². The zero-order valence-electron chi connectivity index (χ0n) is 20.9. The van der Waals surface area contributed by atoms with Gasteiger partial charge in [-0.25, -0.2) is 0 Å². The van der Waals surface area contributed by atoms with Crippen molar-refractivity contribution in [2.24, 2.45) is 5.92 Å². The number of esters is 2. The number of nitrogens with one attached hydrogen (secondary N) is 1. The number of halogens is 2. The lowest BCUT2D eigenvalue weighted by Crippen LogP contribution is -2.48. The van der Waals surface area contributed by atoms with Crippen LogP contribution in [0, 0.1) is 5.92 Å². The molecule has 0 unspecified atom stereocenters. The summed E-state index contributed by atoms with van der Waals surface area (Å²) in [7, 11) is 1.55. The Bertz CT molecular complexity index is 1490. The fourth-order valence-corrected chi connectivity index (χ4v) is 5.52. The SMILES string of the molecule is COc1cc([C@H](c2c[nH]c3ccccc23)C2C(=O)OC(C)(C)OC2=O)c(Br)cc1OCc1ccc(Br)cc1. The topological polar surface area (TPSA) is 86.9 Å². The molecular formula is C29H25Br2NO6. The van der Waals surface area contributed by atoms with Crippen LogP contribution >= 0.6 is 31.9 Å². The molecule has 1 atom stereocenters. The number of hydrogen-bond donors (Lipinski definition) is 1. The minimum atomic E-state index is -1.34. The lowest BCUT2D eigenvalue weighted by Gasteiger charge is -2.36. The largest absolute Gasteiger partial charge is 0.493 e. The van der Waals surface area contributed by atoms with Crippen molar-refractivity contribution in [3.05, 3.63) is 92.5 Å². The molecule has 1 N–H and O–H groups in total. The lowest BCUT2D eigenvalue weighted by molar-refractivity contribution is -0.240. The van der Waals surface area contributed by atoms with Gasteiger partial charge in [0.15, 0.2) is 17.4 Å². The molecule has 0 saturated carbocycles. The van der Waals surface area contributed by atoms with Gasteiger partial charge >= 0.3 is 11.9 Å². The van der Waals surface area contributed by atoms with E-state index >= 15 is 0 Å². The van der Waals surface area contributed by atoms with Crippen LogP contribution in [-0.2, 0) is 25.7 Å². The Morgan fingerprint density at radius 3 is 2.32 bits per heavy atom. The maximum absolute atomic E-state index is 13.3. The van der Waals surface area contributed by atoms with E-state index in [-0.39, 0.29) is 0 Å². The zero-order chi connectivity index (χ0) is 27.0. The fourth-order valence-electron chi connectivity index (χ4n) is 4.68. The van der Waals surface area contributed by atoms with E-state index in [0.717, 1.165) is 26.5 Å². The average Bonchev–Trinajstić information content (AvgIpc) is 3.29. The predicted octanol–water partition coefficient (Wildman–Crippen LogP) is 6.86. The van der Waals surface area contributed by atoms with Crippen LogP contribution < -0.4 is 9.47 Å². The van der Waals surface area contributed by atoms with E-state index < -0.39 is 29.6 Å². The summed E-state index contributed by atoms with van der Waals surface area (Å²) in [4.78, 5) is 29.8. The third-order valence-corrected chi connectivity index (χ3v) is 7.63. The van der Waals surface area contributed by atoms with Crippen molar-refractivity contribution < 1.29 is 28.5 Å². The fraction of sp³-hybridized carbons (Fsp3) is 0.241. The van der Waals surface area contributed by atoms with E-state index in [1.165, 1.54) is 13.8 Å². The Kier molecular flexibility index (Phi) is 7.24. The van der Waals surface area contributed by atoms with E-state index in [2.05, 4.69) is 36.8 Å². The van der Waals surface area contributed by atoms with Gasteiger partial charge in [-0.05, 0) is 47.0 Å². The molecule has 1 fully saturated rings. The number of benzene rings is 3. The second-order valence-electron chi connectivity index (χ2n) is 9.43. The molecule has 1 aliphatic rings. The van der Waals surface area contributed by atoms with Crippen LogP contribution in [0.25, 0.3) is 10.9 Å². The number of aromatic nitrogens is 1. The Labute approximate surface area is 236 Å². The van der Waals surface area contributed by atoms with Crippen molar-refractivity contribution in [2.45, 2.75) is 32.2 Å². The van der Waals surface area contributed by atoms with E-state index in [0.29, 0.717) is 28.1 Å². The summed E-state index contributed by atoms with van der Waals surface area (Å²) in [5, 5.41) is 0.879. The molecule has 1 aliphatic heterocycles. The molecule has 0 radical (unpaired) electrons. The molecule has 4 aromatic rings. The van der Waals surface area contributed by atoms with Gasteiger partial charge in [-0.15, -0.1) is 0 Å². The molecule has 5 rings (SSSR count). The normalized spacial score (nSPS) is 16.1. The number of H-pyrrole nitrogens is 1. The van der Waals surface area contributed by atoms with Crippen LogP contribution in [0.3, 0.4) is 0 Å². The van der Waals surface area contributed by atoms with Crippen molar-refractivity contribution in [1.82, 2.24) is 4.98 Å². The number of para-hydroxylation sites is 1. The van der Waals surface area contributed by atoms with Crippen molar-refractivity contribution >= 4 is 54.7 Å². The van der Waals surface area contributed by atoms with Crippen LogP contribution in [0.5, 0.6) is 11.5 Å². The van der Waals surface area contributed by atoms with E-state index in [4.69, 9.17) is 18.9 Å². The summed E-state index contributed by atoms with van der Waals surface area (Å²) >= 11 is 7.11. The van der Waals surface area contributed by atoms with Gasteiger partial charge < -0.3 is 23.9 Å². The van der Waals surface area contributed by atoms with Crippen LogP contribution in [0.1, 0.15) is 36.5 Å². The number of ether oxygens (including phenoxy) is 4. The van der Waals surface area contributed by atoms with Gasteiger partial charge in [0.2, 0.25) is 0 Å². The molecule has 2 heterocycles. The molecule has 0 bridgehead atoms. The Morgan fingerprint density at radius 2 is 1.63 bits per heavy atom. The third kappa shape index (κ3) is 5.17. The predicted molar refractivity (Wildman–Crippen MR) is 149 cm³/mol. The molecular weight excluding hydrogens is 618 g/mol. The number of carbonyl (C=O) groups is 2. The van der Waals surface area contributed by atoms with Gasteiger partial charge in [0.05, 0.1) is 7.11 Å². The lowest BCUT2D eigenvalue weighted by atomic mass is 9.79. The average molecular weight is 643 g/mol. The van der Waals surface area contributed by atoms with Gasteiger partial charge in [-0.3, -0.25) is 9.59 Å². The third-order valence-electron chi connectivity index (χ3n) is 6.42. The highest BCUT2D eigenvalue weighted by Crippen LogP contribution is 2.46. The van der Waals surface area contributed by atoms with Crippen molar-refractivity contribution in [3.63, 3.8) is 0 Å². The number of aromatic amines is 1. The first-order valence-electron chi connectivity index (χ1n) is 11.9. The van der Waals surface area contributed by atoms with E-state index in [1.54, 1.807) is 19.2 Å². The molecule has 0 aliphatic carbocycles. The highest BCUT2D eigenvalue weighted by Gasteiger charge is 2.49. The standard InChI is InChI=1S/C29H25Br2NO6/c1-29(2)37-27(33)26(28(34)38-29)25(20-14-32-22-7-5-4-6-18(20)22)19-12-23(35-3)24(13-21(19)31)36-15-16-8-10-17(30)11-9-16/h4-14,25-26,32H,15H2,1-3H3/t25-/m1/s1. The molecule has 1 aromatic heterocycles. The van der Waals surface area contributed by atoms with Crippen LogP contribution in [-0.4, -0.2) is 29.8 Å². The number of methoxy groups -OCH3 is 1. The van der Waals surface area contributed by atoms with Crippen LogP contribution in [0.15, 0.2) is 75.8 Å². The quantitative estimate of drug-likeness (QED) is 0.175. The molecule has 1 saturated heterocycles. The van der Waals surface area contributed by atoms with Crippen molar-refractivity contribution in [2.75, 3.05) is 7.11 Å². The molecule has 38 heavy (non-hydrogen) atoms. The Balaban J connectivity index is 1.59. The van der Waals surface area contributed by atoms with Gasteiger partial charge in [0.1, 0.15) is 6.61 Å². The van der Waals surface area contributed by atoms with Gasteiger partial charge in [0, 0.05) is 45.8 Å². The number of cyclic esters (lactones) is 2. The second-order valence-corrected chi connectivity index (χ2v) is 11.2. The molecule has 0 spiro atoms. The number of rotatable bonds is 7. The molecule has 7 nitrogen and oxygen atoms in total. The second kappa shape index (κ2) is 10.5. The molecule has 196 valence electrons. The first-order chi connectivity index (χ1) is 18.2. The molecule has 0 amide bonds. The summed E-state index contributed by atoms with van der Waals surface area (Å²) in [6.45, 7) is 3.41. The van der Waals surface area contributed by atoms with E-state index in [9.17, 15) is 9.59 Å². The number of fused-ring (bicyclic) bond motifs is 1. The summed E-state index contributed by atoms with van der Waals surface area (Å²) in [6.07, 6.45) is 1.81. The Morgan fingerprint density at radius 1 is 0.947 bits per heavy atom. The minimum Gasteiger partial charge on any atom is -0.493 e. The smallest absolute Gasteiger partial charge is 0.324 e. The summed E-state index contributed by atoms with van der Waals surface area (Å²) in [5.74, 6) is -3.62. The monoisotopic (exact) mass is 641 g/mol. The minimum absolute atomic E-state index is 0.331. The summed E-state index contributed by atoms with van der Waals surface area (Å²) in [5.41, 5.74) is 3.28. The summed E-state index contributed by atoms with van der Waals surface area (Å²) < 4.78 is 24.4. The highest BCUT2D eigenvalue weighted by atomic mass is 79.9. The van der Waals surface area contributed by atoms with Gasteiger partial charge in [-0.1, -0.05) is 62.2 Å². The Hall–Kier alpha value is -3.30. The maximum atomic E-state index is 13.3. The maximum Gasteiger partial charge on any atom is 0.324 e. The number of hydrogen-bond acceptors (Lipinski definition) is 6. The summed E-state index contributed by atoms with van der Waals surface area (Å²) in [6, 6.07) is 19.1. The zero-order valence-corrected chi connectivity index (χ0v) is 24.1. The van der Waals surface area contributed by atoms with E-state index in [1.807, 2.05) is 54.7 Å². The molecule has 3 aromatic carbocycles.